The molecule has 1 amide bonds. The number of nitrogens with zero attached hydrogens (tertiary/aromatic N) is 2. The number of guanidine groups is 1. The van der Waals surface area contributed by atoms with Gasteiger partial charge in [0, 0.05) is 13.1 Å². The zero-order valence-electron chi connectivity index (χ0n) is 12.4. The average Bonchev–Trinajstić information content (AvgIpc) is 2.47. The van der Waals surface area contributed by atoms with Gasteiger partial charge in [0.15, 0.2) is 5.03 Å². The van der Waals surface area contributed by atoms with Gasteiger partial charge in [-0.25, -0.2) is 10.1 Å². The molecular weight excluding hydrogens is 304 g/mol. The number of carbonyl (C=O) groups is 1. The molecule has 126 valence electrons. The van der Waals surface area contributed by atoms with Crippen LogP contribution < -0.4 is 22.1 Å². The van der Waals surface area contributed by atoms with Gasteiger partial charge < -0.3 is 27.2 Å². The van der Waals surface area contributed by atoms with Crippen molar-refractivity contribution in [2.24, 2.45) is 16.6 Å². The van der Waals surface area contributed by atoms with E-state index in [1.165, 1.54) is 0 Å². The fourth-order valence-electron chi connectivity index (χ4n) is 1.85. The van der Waals surface area contributed by atoms with Gasteiger partial charge in [0.05, 0.1) is 6.04 Å². The number of primary amides is 1. The van der Waals surface area contributed by atoms with Crippen molar-refractivity contribution in [3.05, 3.63) is 39.9 Å². The van der Waals surface area contributed by atoms with Crippen LogP contribution in [0.25, 0.3) is 0 Å². The molecule has 10 nitrogen and oxygen atoms in total. The van der Waals surface area contributed by atoms with Crippen LogP contribution in [0.4, 0.5) is 0 Å². The van der Waals surface area contributed by atoms with E-state index in [9.17, 15) is 20.0 Å². The van der Waals surface area contributed by atoms with E-state index in [-0.39, 0.29) is 11.7 Å². The molecule has 0 spiro atoms. The van der Waals surface area contributed by atoms with E-state index in [1.807, 2.05) is 0 Å². The van der Waals surface area contributed by atoms with E-state index in [0.717, 1.165) is 5.56 Å². The SMILES string of the molecule is NC(=O)[C@@H](CCCNC(N)=N[N+](=O)[O-])NCc1ccc(O)cc1. The maximum Gasteiger partial charge on any atom is 0.266 e. The van der Waals surface area contributed by atoms with Crippen LogP contribution in [0.1, 0.15) is 18.4 Å². The predicted octanol–water partition coefficient (Wildman–Crippen LogP) is -0.788. The van der Waals surface area contributed by atoms with Crippen LogP contribution in [-0.4, -0.2) is 34.6 Å². The van der Waals surface area contributed by atoms with Crippen molar-refractivity contribution < 1.29 is 14.9 Å². The lowest BCUT2D eigenvalue weighted by atomic mass is 10.1. The summed E-state index contributed by atoms with van der Waals surface area (Å²) in [5.74, 6) is -0.612. The third-order valence-corrected chi connectivity index (χ3v) is 3.00. The highest BCUT2D eigenvalue weighted by atomic mass is 16.7. The van der Waals surface area contributed by atoms with E-state index in [1.54, 1.807) is 24.3 Å². The molecule has 0 radical (unpaired) electrons. The fraction of sp³-hybridized carbons (Fsp3) is 0.385. The molecule has 0 unspecified atom stereocenters. The van der Waals surface area contributed by atoms with Crippen molar-refractivity contribution in [2.45, 2.75) is 25.4 Å². The number of hydrazone groups is 1. The standard InChI is InChI=1S/C13H20N6O4/c14-12(21)11(2-1-7-16-13(15)18-19(22)23)17-8-9-3-5-10(20)6-4-9/h3-6,11,17,20H,1-2,7-8H2,(H2,14,21)(H3,15,16,18)/t11-/m1/s1. The first-order valence-electron chi connectivity index (χ1n) is 6.91. The number of benzene rings is 1. The molecule has 0 saturated carbocycles. The molecule has 7 N–H and O–H groups in total. The molecule has 1 aromatic carbocycles. The molecule has 0 aliphatic heterocycles. The molecular formula is C13H20N6O4. The molecule has 0 bridgehead atoms. The number of phenols is 1. The number of hydrogen-bond donors (Lipinski definition) is 5. The third kappa shape index (κ3) is 7.62. The molecule has 1 aromatic rings. The number of amides is 1. The van der Waals surface area contributed by atoms with Crippen molar-refractivity contribution in [3.8, 4) is 5.75 Å². The van der Waals surface area contributed by atoms with Gasteiger partial charge in [-0.1, -0.05) is 12.1 Å². The molecule has 10 heteroatoms. The van der Waals surface area contributed by atoms with Crippen LogP contribution in [0.3, 0.4) is 0 Å². The summed E-state index contributed by atoms with van der Waals surface area (Å²) in [7, 11) is 0. The van der Waals surface area contributed by atoms with Crippen molar-refractivity contribution in [1.29, 1.82) is 0 Å². The number of nitrogens with two attached hydrogens (primary N) is 2. The summed E-state index contributed by atoms with van der Waals surface area (Å²) in [5.41, 5.74) is 11.5. The number of hydrogen-bond acceptors (Lipinski definition) is 5. The van der Waals surface area contributed by atoms with Gasteiger partial charge in [0.25, 0.3) is 5.96 Å². The molecule has 23 heavy (non-hydrogen) atoms. The molecule has 0 saturated heterocycles. The normalized spacial score (nSPS) is 12.6. The Bertz CT molecular complexity index is 560. The third-order valence-electron chi connectivity index (χ3n) is 3.00. The first-order valence-corrected chi connectivity index (χ1v) is 6.91. The summed E-state index contributed by atoms with van der Waals surface area (Å²) < 4.78 is 0. The summed E-state index contributed by atoms with van der Waals surface area (Å²) in [6.07, 6.45) is 0.955. The highest BCUT2D eigenvalue weighted by Gasteiger charge is 2.14. The monoisotopic (exact) mass is 324 g/mol. The Morgan fingerprint density at radius 3 is 2.57 bits per heavy atom. The van der Waals surface area contributed by atoms with Gasteiger partial charge in [-0.05, 0) is 30.5 Å². The van der Waals surface area contributed by atoms with E-state index in [2.05, 4.69) is 15.7 Å². The van der Waals surface area contributed by atoms with E-state index in [4.69, 9.17) is 11.5 Å². The molecule has 0 aliphatic carbocycles. The van der Waals surface area contributed by atoms with Crippen LogP contribution in [-0.2, 0) is 11.3 Å². The van der Waals surface area contributed by atoms with Crippen molar-refractivity contribution in [1.82, 2.24) is 10.6 Å². The maximum atomic E-state index is 11.4. The molecule has 0 heterocycles. The Morgan fingerprint density at radius 2 is 2.00 bits per heavy atom. The molecule has 0 fully saturated rings. The highest BCUT2D eigenvalue weighted by Crippen LogP contribution is 2.09. The summed E-state index contributed by atoms with van der Waals surface area (Å²) >= 11 is 0. The van der Waals surface area contributed by atoms with Crippen molar-refractivity contribution >= 4 is 11.9 Å². The van der Waals surface area contributed by atoms with Gasteiger partial charge >= 0.3 is 0 Å². The van der Waals surface area contributed by atoms with Crippen LogP contribution in [0, 0.1) is 10.1 Å². The smallest absolute Gasteiger partial charge is 0.266 e. The Labute approximate surface area is 132 Å². The zero-order chi connectivity index (χ0) is 17.2. The Balaban J connectivity index is 2.36. The quantitative estimate of drug-likeness (QED) is 0.130. The van der Waals surface area contributed by atoms with Gasteiger partial charge in [-0.2, -0.15) is 0 Å². The minimum atomic E-state index is -0.895. The maximum absolute atomic E-state index is 11.4. The Kier molecular flexibility index (Phi) is 7.27. The van der Waals surface area contributed by atoms with Gasteiger partial charge in [0.1, 0.15) is 10.9 Å². The highest BCUT2D eigenvalue weighted by molar-refractivity contribution is 5.79. The van der Waals surface area contributed by atoms with E-state index >= 15 is 0 Å². The number of nitrogens with one attached hydrogen (secondary N) is 2. The second-order valence-electron chi connectivity index (χ2n) is 4.79. The summed E-state index contributed by atoms with van der Waals surface area (Å²) in [5, 5.41) is 26.9. The minimum absolute atomic E-state index is 0.167. The predicted molar refractivity (Wildman–Crippen MR) is 83.8 cm³/mol. The van der Waals surface area contributed by atoms with Crippen LogP contribution >= 0.6 is 0 Å². The second kappa shape index (κ2) is 9.20. The number of aromatic hydroxyl groups is 1. The number of phenolic OH excluding ortho intramolecular Hbond substituents is 1. The van der Waals surface area contributed by atoms with Crippen LogP contribution in [0.2, 0.25) is 0 Å². The van der Waals surface area contributed by atoms with Crippen molar-refractivity contribution in [3.63, 3.8) is 0 Å². The summed E-state index contributed by atoms with van der Waals surface area (Å²) in [6, 6.07) is 6.03. The topological polar surface area (TPSA) is 169 Å². The fourth-order valence-corrected chi connectivity index (χ4v) is 1.85. The van der Waals surface area contributed by atoms with Crippen LogP contribution in [0.15, 0.2) is 29.4 Å². The summed E-state index contributed by atoms with van der Waals surface area (Å²) in [4.78, 5) is 21.5. The average molecular weight is 324 g/mol. The number of rotatable bonds is 9. The molecule has 0 aliphatic rings. The lowest BCUT2D eigenvalue weighted by Crippen LogP contribution is -2.41. The minimum Gasteiger partial charge on any atom is -0.508 e. The zero-order valence-corrected chi connectivity index (χ0v) is 12.4. The number of carbonyl (C=O) groups excluding carboxylic acids is 1. The van der Waals surface area contributed by atoms with E-state index in [0.29, 0.717) is 25.9 Å². The van der Waals surface area contributed by atoms with Crippen LogP contribution in [0.5, 0.6) is 5.75 Å². The molecule has 0 aromatic heterocycles. The number of nitro groups is 1. The van der Waals surface area contributed by atoms with Gasteiger partial charge in [0.2, 0.25) is 5.91 Å². The second-order valence-corrected chi connectivity index (χ2v) is 4.79. The lowest BCUT2D eigenvalue weighted by molar-refractivity contribution is -0.485. The van der Waals surface area contributed by atoms with E-state index < -0.39 is 17.0 Å². The Morgan fingerprint density at radius 1 is 1.35 bits per heavy atom. The molecule has 1 atom stereocenters. The van der Waals surface area contributed by atoms with Crippen molar-refractivity contribution in [2.75, 3.05) is 6.54 Å². The Hall–Kier alpha value is -2.88. The first kappa shape index (κ1) is 18.2. The van der Waals surface area contributed by atoms with Gasteiger partial charge in [-0.15, -0.1) is 0 Å². The lowest BCUT2D eigenvalue weighted by Gasteiger charge is -2.15. The summed E-state index contributed by atoms with van der Waals surface area (Å²) in [6.45, 7) is 0.750. The molecule has 1 rings (SSSR count). The largest absolute Gasteiger partial charge is 0.508 e. The first-order chi connectivity index (χ1) is 10.9. The van der Waals surface area contributed by atoms with Gasteiger partial charge in [-0.3, -0.25) is 4.79 Å².